The molecular formula is C26H30N4OS2. The Morgan fingerprint density at radius 2 is 1.79 bits per heavy atom. The highest BCUT2D eigenvalue weighted by Crippen LogP contribution is 2.30. The van der Waals surface area contributed by atoms with Crippen molar-refractivity contribution in [2.45, 2.75) is 64.1 Å². The van der Waals surface area contributed by atoms with Gasteiger partial charge in [-0.15, -0.1) is 21.5 Å². The molecule has 2 heterocycles. The van der Waals surface area contributed by atoms with Crippen LogP contribution >= 0.6 is 23.1 Å². The fourth-order valence-electron chi connectivity index (χ4n) is 3.64. The maximum Gasteiger partial charge on any atom is 0.191 e. The standard InChI is InChI=1S/C26H30N4OS2/c1-6-30-24(19(5)31-22-13-11-20(12-14-22)17(2)3)28-29-26(30)33-16-21-15-32-25(27-21)23-10-8-7-9-18(23)4/h7-15,17,19H,6,16H2,1-5H3. The first kappa shape index (κ1) is 23.5. The third-order valence-corrected chi connectivity index (χ3v) is 7.49. The number of benzene rings is 2. The molecule has 0 aliphatic rings. The SMILES string of the molecule is CCn1c(SCc2csc(-c3ccccc3C)n2)nnc1C(C)Oc1ccc(C(C)C)cc1. The van der Waals surface area contributed by atoms with Crippen LogP contribution in [0.1, 0.15) is 62.4 Å². The van der Waals surface area contributed by atoms with E-state index in [1.165, 1.54) is 16.7 Å². The monoisotopic (exact) mass is 478 g/mol. The predicted octanol–water partition coefficient (Wildman–Crippen LogP) is 7.29. The number of hydrogen-bond donors (Lipinski definition) is 0. The lowest BCUT2D eigenvalue weighted by Gasteiger charge is -2.16. The molecule has 7 heteroatoms. The van der Waals surface area contributed by atoms with Crippen LogP contribution in [0.5, 0.6) is 5.75 Å². The van der Waals surface area contributed by atoms with Crippen LogP contribution in [0.3, 0.4) is 0 Å². The van der Waals surface area contributed by atoms with E-state index in [1.807, 2.05) is 19.1 Å². The lowest BCUT2D eigenvalue weighted by Crippen LogP contribution is -2.12. The number of aromatic nitrogens is 4. The average molecular weight is 479 g/mol. The van der Waals surface area contributed by atoms with Gasteiger partial charge in [-0.3, -0.25) is 0 Å². The smallest absolute Gasteiger partial charge is 0.191 e. The molecule has 172 valence electrons. The fraction of sp³-hybridized carbons (Fsp3) is 0.346. The molecule has 0 aliphatic heterocycles. The summed E-state index contributed by atoms with van der Waals surface area (Å²) in [5.74, 6) is 2.95. The maximum atomic E-state index is 6.17. The molecule has 0 radical (unpaired) electrons. The van der Waals surface area contributed by atoms with Crippen molar-refractivity contribution in [3.63, 3.8) is 0 Å². The van der Waals surface area contributed by atoms with Crippen LogP contribution in [0.2, 0.25) is 0 Å². The maximum absolute atomic E-state index is 6.17. The number of aryl methyl sites for hydroxylation is 1. The summed E-state index contributed by atoms with van der Waals surface area (Å²) in [6, 6.07) is 16.7. The summed E-state index contributed by atoms with van der Waals surface area (Å²) in [4.78, 5) is 4.84. The van der Waals surface area contributed by atoms with Crippen molar-refractivity contribution >= 4 is 23.1 Å². The predicted molar refractivity (Wildman–Crippen MR) is 137 cm³/mol. The van der Waals surface area contributed by atoms with E-state index >= 15 is 0 Å². The Morgan fingerprint density at radius 3 is 2.48 bits per heavy atom. The van der Waals surface area contributed by atoms with Gasteiger partial charge in [0, 0.05) is 23.2 Å². The summed E-state index contributed by atoms with van der Waals surface area (Å²) >= 11 is 3.35. The third kappa shape index (κ3) is 5.47. The van der Waals surface area contributed by atoms with Gasteiger partial charge in [-0.1, -0.05) is 62.0 Å². The molecule has 0 saturated carbocycles. The van der Waals surface area contributed by atoms with Crippen molar-refractivity contribution in [1.29, 1.82) is 0 Å². The summed E-state index contributed by atoms with van der Waals surface area (Å²) in [5.41, 5.74) is 4.81. The van der Waals surface area contributed by atoms with E-state index in [0.29, 0.717) is 5.92 Å². The highest BCUT2D eigenvalue weighted by atomic mass is 32.2. The molecule has 0 bridgehead atoms. The Bertz CT molecular complexity index is 1200. The topological polar surface area (TPSA) is 52.8 Å². The van der Waals surface area contributed by atoms with E-state index in [4.69, 9.17) is 9.72 Å². The number of thiazole rings is 1. The van der Waals surface area contributed by atoms with E-state index in [2.05, 4.69) is 84.2 Å². The molecular weight excluding hydrogens is 448 g/mol. The number of rotatable bonds is 9. The minimum absolute atomic E-state index is 0.191. The van der Waals surface area contributed by atoms with Crippen molar-refractivity contribution in [2.24, 2.45) is 0 Å². The molecule has 1 unspecified atom stereocenters. The number of nitrogens with zero attached hydrogens (tertiary/aromatic N) is 4. The normalized spacial score (nSPS) is 12.3. The third-order valence-electron chi connectivity index (χ3n) is 5.56. The minimum Gasteiger partial charge on any atom is -0.483 e. The van der Waals surface area contributed by atoms with Crippen molar-refractivity contribution < 1.29 is 4.74 Å². The lowest BCUT2D eigenvalue weighted by molar-refractivity contribution is 0.210. The first-order valence-corrected chi connectivity index (χ1v) is 13.2. The quantitative estimate of drug-likeness (QED) is 0.237. The van der Waals surface area contributed by atoms with Gasteiger partial charge in [-0.25, -0.2) is 4.98 Å². The van der Waals surface area contributed by atoms with E-state index in [0.717, 1.165) is 39.7 Å². The van der Waals surface area contributed by atoms with Crippen LogP contribution < -0.4 is 4.74 Å². The van der Waals surface area contributed by atoms with Gasteiger partial charge in [0.15, 0.2) is 17.1 Å². The molecule has 2 aromatic carbocycles. The fourth-order valence-corrected chi connectivity index (χ4v) is 5.56. The molecule has 0 spiro atoms. The van der Waals surface area contributed by atoms with Crippen molar-refractivity contribution in [1.82, 2.24) is 19.7 Å². The summed E-state index contributed by atoms with van der Waals surface area (Å²) in [5, 5.41) is 13.0. The first-order chi connectivity index (χ1) is 16.0. The Balaban J connectivity index is 1.43. The summed E-state index contributed by atoms with van der Waals surface area (Å²) in [7, 11) is 0. The molecule has 0 aliphatic carbocycles. The van der Waals surface area contributed by atoms with Gasteiger partial charge in [0.1, 0.15) is 10.8 Å². The minimum atomic E-state index is -0.191. The second-order valence-electron chi connectivity index (χ2n) is 8.32. The first-order valence-electron chi connectivity index (χ1n) is 11.3. The highest BCUT2D eigenvalue weighted by molar-refractivity contribution is 7.98. The molecule has 5 nitrogen and oxygen atoms in total. The molecule has 0 N–H and O–H groups in total. The average Bonchev–Trinajstić information content (AvgIpc) is 3.45. The van der Waals surface area contributed by atoms with Crippen LogP contribution in [0.25, 0.3) is 10.6 Å². The lowest BCUT2D eigenvalue weighted by atomic mass is 10.0. The summed E-state index contributed by atoms with van der Waals surface area (Å²) < 4.78 is 8.31. The van der Waals surface area contributed by atoms with Crippen LogP contribution in [0.4, 0.5) is 0 Å². The van der Waals surface area contributed by atoms with Crippen LogP contribution in [0, 0.1) is 6.92 Å². The highest BCUT2D eigenvalue weighted by Gasteiger charge is 2.19. The van der Waals surface area contributed by atoms with E-state index in [1.54, 1.807) is 23.1 Å². The van der Waals surface area contributed by atoms with Crippen LogP contribution in [0.15, 0.2) is 59.1 Å². The molecule has 1 atom stereocenters. The summed E-state index contributed by atoms with van der Waals surface area (Å²) in [6.07, 6.45) is -0.191. The van der Waals surface area contributed by atoms with Gasteiger partial charge in [0.2, 0.25) is 0 Å². The second-order valence-corrected chi connectivity index (χ2v) is 10.1. The van der Waals surface area contributed by atoms with Gasteiger partial charge in [-0.2, -0.15) is 0 Å². The molecule has 4 aromatic rings. The number of ether oxygens (including phenoxy) is 1. The van der Waals surface area contributed by atoms with E-state index in [-0.39, 0.29) is 6.10 Å². The van der Waals surface area contributed by atoms with Crippen molar-refractivity contribution in [3.8, 4) is 16.3 Å². The molecule has 0 saturated heterocycles. The molecule has 0 amide bonds. The van der Waals surface area contributed by atoms with E-state index in [9.17, 15) is 0 Å². The molecule has 33 heavy (non-hydrogen) atoms. The van der Waals surface area contributed by atoms with E-state index < -0.39 is 0 Å². The number of thioether (sulfide) groups is 1. The van der Waals surface area contributed by atoms with Gasteiger partial charge in [-0.05, 0) is 49.9 Å². The van der Waals surface area contributed by atoms with Crippen LogP contribution in [-0.2, 0) is 12.3 Å². The largest absolute Gasteiger partial charge is 0.483 e. The van der Waals surface area contributed by atoms with Crippen LogP contribution in [-0.4, -0.2) is 19.7 Å². The Morgan fingerprint density at radius 1 is 1.03 bits per heavy atom. The van der Waals surface area contributed by atoms with Crippen molar-refractivity contribution in [2.75, 3.05) is 0 Å². The molecule has 0 fully saturated rings. The number of hydrogen-bond acceptors (Lipinski definition) is 6. The Kier molecular flexibility index (Phi) is 7.50. The van der Waals surface area contributed by atoms with Crippen molar-refractivity contribution in [3.05, 3.63) is 76.6 Å². The molecule has 4 rings (SSSR count). The van der Waals surface area contributed by atoms with Gasteiger partial charge >= 0.3 is 0 Å². The van der Waals surface area contributed by atoms with Gasteiger partial charge in [0.25, 0.3) is 0 Å². The Hall–Kier alpha value is -2.64. The zero-order chi connectivity index (χ0) is 23.4. The molecule has 2 aromatic heterocycles. The zero-order valence-electron chi connectivity index (χ0n) is 19.8. The second kappa shape index (κ2) is 10.5. The van der Waals surface area contributed by atoms with Gasteiger partial charge < -0.3 is 9.30 Å². The Labute approximate surface area is 204 Å². The summed E-state index contributed by atoms with van der Waals surface area (Å²) in [6.45, 7) is 11.4. The van der Waals surface area contributed by atoms with Gasteiger partial charge in [0.05, 0.1) is 5.69 Å². The zero-order valence-corrected chi connectivity index (χ0v) is 21.4.